The van der Waals surface area contributed by atoms with Crippen molar-refractivity contribution in [3.63, 3.8) is 0 Å². The van der Waals surface area contributed by atoms with Crippen LogP contribution in [0.4, 0.5) is 0 Å². The van der Waals surface area contributed by atoms with Gasteiger partial charge in [-0.25, -0.2) is 0 Å². The maximum absolute atomic E-state index is 4.98. The van der Waals surface area contributed by atoms with Crippen molar-refractivity contribution < 1.29 is 4.74 Å². The number of hydrogen-bond donors (Lipinski definition) is 1. The minimum Gasteiger partial charge on any atom is -0.383 e. The standard InChI is InChI=1S/C15H21N3OS/c1-19-11-10-16-9-5-8-14-17-18-15(20-14)12-13-6-3-2-4-7-13/h2-4,6-7,16H,5,8-12H2,1H3. The first kappa shape index (κ1) is 15.1. The van der Waals surface area contributed by atoms with Gasteiger partial charge >= 0.3 is 0 Å². The van der Waals surface area contributed by atoms with Crippen LogP contribution in [0.2, 0.25) is 0 Å². The summed E-state index contributed by atoms with van der Waals surface area (Å²) in [4.78, 5) is 0. The number of ether oxygens (including phenoxy) is 1. The molecule has 1 aromatic carbocycles. The second-order valence-corrected chi connectivity index (χ2v) is 5.74. The number of aryl methyl sites for hydroxylation is 1. The highest BCUT2D eigenvalue weighted by Gasteiger charge is 2.04. The third kappa shape index (κ3) is 5.36. The van der Waals surface area contributed by atoms with E-state index in [0.29, 0.717) is 0 Å². The first-order valence-corrected chi connectivity index (χ1v) is 7.75. The van der Waals surface area contributed by atoms with Gasteiger partial charge in [0.1, 0.15) is 10.0 Å². The fraction of sp³-hybridized carbons (Fsp3) is 0.467. The Hall–Kier alpha value is -1.30. The van der Waals surface area contributed by atoms with E-state index in [-0.39, 0.29) is 0 Å². The van der Waals surface area contributed by atoms with Gasteiger partial charge in [0.05, 0.1) is 6.61 Å². The number of nitrogens with zero attached hydrogens (tertiary/aromatic N) is 2. The van der Waals surface area contributed by atoms with Gasteiger partial charge in [0, 0.05) is 26.5 Å². The van der Waals surface area contributed by atoms with Crippen LogP contribution in [0.1, 0.15) is 22.0 Å². The molecule has 0 aliphatic heterocycles. The molecule has 0 unspecified atom stereocenters. The van der Waals surface area contributed by atoms with Gasteiger partial charge < -0.3 is 10.1 Å². The molecule has 1 aromatic heterocycles. The van der Waals surface area contributed by atoms with Crippen LogP contribution in [0, 0.1) is 0 Å². The van der Waals surface area contributed by atoms with Gasteiger partial charge in [-0.1, -0.05) is 30.3 Å². The second-order valence-electron chi connectivity index (χ2n) is 4.60. The van der Waals surface area contributed by atoms with E-state index in [9.17, 15) is 0 Å². The lowest BCUT2D eigenvalue weighted by Gasteiger charge is -2.01. The number of hydrogen-bond acceptors (Lipinski definition) is 5. The van der Waals surface area contributed by atoms with Gasteiger partial charge in [0.2, 0.25) is 0 Å². The molecule has 0 fully saturated rings. The summed E-state index contributed by atoms with van der Waals surface area (Å²) in [6, 6.07) is 10.4. The van der Waals surface area contributed by atoms with Crippen molar-refractivity contribution in [3.8, 4) is 0 Å². The minimum absolute atomic E-state index is 0.764. The molecule has 1 N–H and O–H groups in total. The van der Waals surface area contributed by atoms with E-state index >= 15 is 0 Å². The maximum atomic E-state index is 4.98. The van der Waals surface area contributed by atoms with Crippen LogP contribution >= 0.6 is 11.3 Å². The van der Waals surface area contributed by atoms with Crippen LogP contribution in [-0.2, 0) is 17.6 Å². The van der Waals surface area contributed by atoms with Gasteiger partial charge in [-0.3, -0.25) is 0 Å². The van der Waals surface area contributed by atoms with Crippen molar-refractivity contribution in [2.45, 2.75) is 19.3 Å². The molecule has 20 heavy (non-hydrogen) atoms. The Balaban J connectivity index is 1.70. The predicted octanol–water partition coefficient (Wildman–Crippen LogP) is 2.30. The molecular weight excluding hydrogens is 270 g/mol. The van der Waals surface area contributed by atoms with Crippen molar-refractivity contribution in [2.24, 2.45) is 0 Å². The SMILES string of the molecule is COCCNCCCc1nnc(Cc2ccccc2)s1. The lowest BCUT2D eigenvalue weighted by molar-refractivity contribution is 0.199. The Kier molecular flexibility index (Phi) is 6.63. The molecule has 4 nitrogen and oxygen atoms in total. The highest BCUT2D eigenvalue weighted by Crippen LogP contribution is 2.15. The topological polar surface area (TPSA) is 47.0 Å². The maximum Gasteiger partial charge on any atom is 0.121 e. The molecule has 0 bridgehead atoms. The van der Waals surface area contributed by atoms with Crippen LogP contribution in [0.25, 0.3) is 0 Å². The minimum atomic E-state index is 0.764. The molecule has 0 saturated carbocycles. The summed E-state index contributed by atoms with van der Waals surface area (Å²) in [6.45, 7) is 2.67. The molecule has 0 aliphatic carbocycles. The van der Waals surface area contributed by atoms with Gasteiger partial charge in [0.15, 0.2) is 0 Å². The summed E-state index contributed by atoms with van der Waals surface area (Å²) in [7, 11) is 1.72. The number of methoxy groups -OCH3 is 1. The lowest BCUT2D eigenvalue weighted by atomic mass is 10.2. The molecule has 0 spiro atoms. The van der Waals surface area contributed by atoms with Crippen molar-refractivity contribution in [3.05, 3.63) is 45.9 Å². The normalized spacial score (nSPS) is 10.8. The summed E-state index contributed by atoms with van der Waals surface area (Å²) < 4.78 is 4.98. The number of rotatable bonds is 9. The Morgan fingerprint density at radius 1 is 1.10 bits per heavy atom. The Morgan fingerprint density at radius 3 is 2.70 bits per heavy atom. The van der Waals surface area contributed by atoms with Crippen molar-refractivity contribution >= 4 is 11.3 Å². The van der Waals surface area contributed by atoms with E-state index < -0.39 is 0 Å². The van der Waals surface area contributed by atoms with Gasteiger partial charge in [-0.05, 0) is 18.5 Å². The largest absolute Gasteiger partial charge is 0.383 e. The predicted molar refractivity (Wildman–Crippen MR) is 82.2 cm³/mol. The first-order valence-electron chi connectivity index (χ1n) is 6.93. The van der Waals surface area contributed by atoms with Crippen molar-refractivity contribution in [2.75, 3.05) is 26.8 Å². The number of benzene rings is 1. The third-order valence-electron chi connectivity index (χ3n) is 2.93. The second kappa shape index (κ2) is 8.79. The highest BCUT2D eigenvalue weighted by atomic mass is 32.1. The van der Waals surface area contributed by atoms with Crippen molar-refractivity contribution in [1.29, 1.82) is 0 Å². The summed E-state index contributed by atoms with van der Waals surface area (Å²) in [5.41, 5.74) is 1.29. The van der Waals surface area contributed by atoms with Gasteiger partial charge in [-0.2, -0.15) is 0 Å². The summed E-state index contributed by atoms with van der Waals surface area (Å²) in [6.07, 6.45) is 2.96. The fourth-order valence-electron chi connectivity index (χ4n) is 1.90. The quantitative estimate of drug-likeness (QED) is 0.720. The van der Waals surface area contributed by atoms with Crippen molar-refractivity contribution in [1.82, 2.24) is 15.5 Å². The molecule has 2 rings (SSSR count). The number of nitrogens with one attached hydrogen (secondary N) is 1. The molecule has 0 amide bonds. The zero-order valence-corrected chi connectivity index (χ0v) is 12.7. The van der Waals surface area contributed by atoms with Crippen LogP contribution in [0.5, 0.6) is 0 Å². The molecule has 5 heteroatoms. The molecule has 0 radical (unpaired) electrons. The number of aromatic nitrogens is 2. The van der Waals surface area contributed by atoms with E-state index in [4.69, 9.17) is 4.74 Å². The summed E-state index contributed by atoms with van der Waals surface area (Å²) in [5, 5.41) is 14.1. The molecular formula is C15H21N3OS. The zero-order valence-electron chi connectivity index (χ0n) is 11.8. The molecule has 0 aliphatic rings. The zero-order chi connectivity index (χ0) is 14.0. The van der Waals surface area contributed by atoms with Crippen LogP contribution in [-0.4, -0.2) is 37.0 Å². The first-order chi connectivity index (χ1) is 9.88. The summed E-state index contributed by atoms with van der Waals surface area (Å²) in [5.74, 6) is 0. The third-order valence-corrected chi connectivity index (χ3v) is 3.92. The smallest absolute Gasteiger partial charge is 0.121 e. The Morgan fingerprint density at radius 2 is 1.90 bits per heavy atom. The molecule has 108 valence electrons. The monoisotopic (exact) mass is 291 g/mol. The van der Waals surface area contributed by atoms with Crippen LogP contribution in [0.15, 0.2) is 30.3 Å². The lowest BCUT2D eigenvalue weighted by Crippen LogP contribution is -2.20. The fourth-order valence-corrected chi connectivity index (χ4v) is 2.82. The molecule has 0 saturated heterocycles. The van der Waals surface area contributed by atoms with E-state index in [2.05, 4.69) is 39.8 Å². The Bertz CT molecular complexity index is 487. The van der Waals surface area contributed by atoms with E-state index in [1.165, 1.54) is 5.56 Å². The van der Waals surface area contributed by atoms with Gasteiger partial charge in [-0.15, -0.1) is 21.5 Å². The molecule has 2 aromatic rings. The average Bonchev–Trinajstić information content (AvgIpc) is 2.91. The van der Waals surface area contributed by atoms with Gasteiger partial charge in [0.25, 0.3) is 0 Å². The Labute approximate surface area is 124 Å². The van der Waals surface area contributed by atoms with E-state index in [1.54, 1.807) is 18.4 Å². The van der Waals surface area contributed by atoms with E-state index in [1.807, 2.05) is 6.07 Å². The molecule has 1 heterocycles. The van der Waals surface area contributed by atoms with Crippen LogP contribution in [0.3, 0.4) is 0 Å². The molecule has 0 atom stereocenters. The highest BCUT2D eigenvalue weighted by molar-refractivity contribution is 7.11. The summed E-state index contributed by atoms with van der Waals surface area (Å²) >= 11 is 1.72. The van der Waals surface area contributed by atoms with Crippen LogP contribution < -0.4 is 5.32 Å². The van der Waals surface area contributed by atoms with E-state index in [0.717, 1.165) is 49.0 Å². The average molecular weight is 291 g/mol.